The van der Waals surface area contributed by atoms with E-state index in [9.17, 15) is 4.79 Å². The van der Waals surface area contributed by atoms with Crippen LogP contribution in [0.25, 0.3) is 0 Å². The summed E-state index contributed by atoms with van der Waals surface area (Å²) < 4.78 is 5.65. The van der Waals surface area contributed by atoms with Crippen molar-refractivity contribution in [1.29, 1.82) is 0 Å². The molecule has 1 aliphatic carbocycles. The lowest BCUT2D eigenvalue weighted by molar-refractivity contribution is -0.166. The number of rotatable bonds is 4. The molecule has 5 heteroatoms. The van der Waals surface area contributed by atoms with Crippen molar-refractivity contribution >= 4 is 23.2 Å². The standard InChI is InChI=1S/C16H23ClN2O2/c1-5-21-12-9-16(18,15(12,3)4)14(20)19-13-10(2)7-6-8-11(13)17/h6-8,12H,5,9,18H2,1-4H3,(H,19,20). The highest BCUT2D eigenvalue weighted by atomic mass is 35.5. The smallest absolute Gasteiger partial charge is 0.245 e. The first kappa shape index (κ1) is 16.3. The van der Waals surface area contributed by atoms with Crippen LogP contribution < -0.4 is 11.1 Å². The zero-order valence-corrected chi connectivity index (χ0v) is 13.8. The third-order valence-electron chi connectivity index (χ3n) is 4.70. The molecule has 1 fully saturated rings. The predicted molar refractivity (Wildman–Crippen MR) is 85.5 cm³/mol. The predicted octanol–water partition coefficient (Wildman–Crippen LogP) is 3.12. The Balaban J connectivity index is 2.18. The Bertz CT molecular complexity index is 539. The second kappa shape index (κ2) is 5.59. The molecule has 1 aromatic rings. The van der Waals surface area contributed by atoms with Gasteiger partial charge in [-0.3, -0.25) is 4.79 Å². The van der Waals surface area contributed by atoms with Crippen molar-refractivity contribution in [2.24, 2.45) is 11.1 Å². The molecule has 0 radical (unpaired) electrons. The minimum Gasteiger partial charge on any atom is -0.378 e. The average molecular weight is 311 g/mol. The van der Waals surface area contributed by atoms with Crippen molar-refractivity contribution in [3.8, 4) is 0 Å². The Morgan fingerprint density at radius 2 is 2.19 bits per heavy atom. The van der Waals surface area contributed by atoms with Crippen LogP contribution in [0.1, 0.15) is 32.8 Å². The third kappa shape index (κ3) is 2.56. The van der Waals surface area contributed by atoms with Gasteiger partial charge < -0.3 is 15.8 Å². The molecule has 1 saturated carbocycles. The first-order valence-corrected chi connectivity index (χ1v) is 7.59. The summed E-state index contributed by atoms with van der Waals surface area (Å²) in [6, 6.07) is 5.51. The highest BCUT2D eigenvalue weighted by molar-refractivity contribution is 6.34. The quantitative estimate of drug-likeness (QED) is 0.898. The van der Waals surface area contributed by atoms with Gasteiger partial charge in [0.05, 0.1) is 16.8 Å². The molecule has 0 spiro atoms. The number of carbonyl (C=O) groups is 1. The Labute approximate surface area is 131 Å². The van der Waals surface area contributed by atoms with Gasteiger partial charge in [0.1, 0.15) is 5.54 Å². The molecular weight excluding hydrogens is 288 g/mol. The molecule has 0 saturated heterocycles. The second-order valence-electron chi connectivity index (χ2n) is 6.23. The van der Waals surface area contributed by atoms with Crippen LogP contribution in [-0.2, 0) is 9.53 Å². The Kier molecular flexibility index (Phi) is 4.34. The maximum absolute atomic E-state index is 12.6. The van der Waals surface area contributed by atoms with Gasteiger partial charge in [-0.1, -0.05) is 37.6 Å². The summed E-state index contributed by atoms with van der Waals surface area (Å²) >= 11 is 6.15. The number of nitrogens with one attached hydrogen (secondary N) is 1. The van der Waals surface area contributed by atoms with Gasteiger partial charge in [-0.15, -0.1) is 0 Å². The van der Waals surface area contributed by atoms with Gasteiger partial charge in [0.15, 0.2) is 0 Å². The monoisotopic (exact) mass is 310 g/mol. The molecule has 2 rings (SSSR count). The SMILES string of the molecule is CCOC1CC(N)(C(=O)Nc2c(C)cccc2Cl)C1(C)C. The van der Waals surface area contributed by atoms with E-state index in [0.29, 0.717) is 23.7 Å². The van der Waals surface area contributed by atoms with Crippen LogP contribution in [0, 0.1) is 12.3 Å². The fourth-order valence-corrected chi connectivity index (χ4v) is 3.10. The summed E-state index contributed by atoms with van der Waals surface area (Å²) in [6.45, 7) is 8.40. The van der Waals surface area contributed by atoms with E-state index in [4.69, 9.17) is 22.1 Å². The number of hydrogen-bond donors (Lipinski definition) is 2. The van der Waals surface area contributed by atoms with E-state index in [0.717, 1.165) is 5.56 Å². The number of ether oxygens (including phenoxy) is 1. The van der Waals surface area contributed by atoms with Gasteiger partial charge in [0.2, 0.25) is 5.91 Å². The van der Waals surface area contributed by atoms with Gasteiger partial charge in [0, 0.05) is 18.4 Å². The summed E-state index contributed by atoms with van der Waals surface area (Å²) in [5.74, 6) is -0.209. The van der Waals surface area contributed by atoms with Crippen molar-refractivity contribution in [1.82, 2.24) is 0 Å². The van der Waals surface area contributed by atoms with Gasteiger partial charge >= 0.3 is 0 Å². The number of nitrogens with two attached hydrogens (primary N) is 1. The minimum absolute atomic E-state index is 0.00518. The molecule has 1 amide bonds. The first-order chi connectivity index (χ1) is 9.74. The van der Waals surface area contributed by atoms with Gasteiger partial charge in [-0.05, 0) is 25.5 Å². The molecule has 116 valence electrons. The van der Waals surface area contributed by atoms with Crippen LogP contribution in [0.15, 0.2) is 18.2 Å². The first-order valence-electron chi connectivity index (χ1n) is 7.21. The fourth-order valence-electron chi connectivity index (χ4n) is 2.84. The lowest BCUT2D eigenvalue weighted by atomic mass is 9.54. The zero-order valence-electron chi connectivity index (χ0n) is 13.0. The van der Waals surface area contributed by atoms with Crippen LogP contribution >= 0.6 is 11.6 Å². The fraction of sp³-hybridized carbons (Fsp3) is 0.562. The highest BCUT2D eigenvalue weighted by Gasteiger charge is 2.62. The van der Waals surface area contributed by atoms with Crippen LogP contribution in [0.2, 0.25) is 5.02 Å². The molecule has 1 aromatic carbocycles. The van der Waals surface area contributed by atoms with Crippen LogP contribution in [-0.4, -0.2) is 24.2 Å². The number of anilines is 1. The largest absolute Gasteiger partial charge is 0.378 e. The van der Waals surface area contributed by atoms with E-state index in [1.54, 1.807) is 6.07 Å². The zero-order chi connectivity index (χ0) is 15.8. The minimum atomic E-state index is -0.946. The molecular formula is C16H23ClN2O2. The molecule has 4 nitrogen and oxygen atoms in total. The molecule has 2 atom stereocenters. The van der Waals surface area contributed by atoms with E-state index in [1.807, 2.05) is 39.8 Å². The van der Waals surface area contributed by atoms with Crippen molar-refractivity contribution < 1.29 is 9.53 Å². The van der Waals surface area contributed by atoms with Crippen LogP contribution in [0.5, 0.6) is 0 Å². The number of hydrogen-bond acceptors (Lipinski definition) is 3. The Hall–Kier alpha value is -1.10. The van der Waals surface area contributed by atoms with Gasteiger partial charge in [0.25, 0.3) is 0 Å². The van der Waals surface area contributed by atoms with Gasteiger partial charge in [-0.2, -0.15) is 0 Å². The number of amides is 1. The second-order valence-corrected chi connectivity index (χ2v) is 6.63. The molecule has 1 aliphatic rings. The Morgan fingerprint density at radius 1 is 1.52 bits per heavy atom. The maximum Gasteiger partial charge on any atom is 0.245 e. The molecule has 2 unspecified atom stereocenters. The summed E-state index contributed by atoms with van der Waals surface area (Å²) in [7, 11) is 0. The highest BCUT2D eigenvalue weighted by Crippen LogP contribution is 2.50. The van der Waals surface area contributed by atoms with E-state index in [1.165, 1.54) is 0 Å². The lowest BCUT2D eigenvalue weighted by Gasteiger charge is -2.57. The van der Waals surface area contributed by atoms with Crippen LogP contribution in [0.4, 0.5) is 5.69 Å². The number of carbonyl (C=O) groups excluding carboxylic acids is 1. The summed E-state index contributed by atoms with van der Waals surface area (Å²) in [5.41, 5.74) is 6.54. The number of para-hydroxylation sites is 1. The maximum atomic E-state index is 12.6. The topological polar surface area (TPSA) is 64.3 Å². The van der Waals surface area contributed by atoms with E-state index >= 15 is 0 Å². The van der Waals surface area contributed by atoms with E-state index in [-0.39, 0.29) is 12.0 Å². The lowest BCUT2D eigenvalue weighted by Crippen LogP contribution is -2.74. The molecule has 0 bridgehead atoms. The summed E-state index contributed by atoms with van der Waals surface area (Å²) in [4.78, 5) is 12.6. The summed E-state index contributed by atoms with van der Waals surface area (Å²) in [6.07, 6.45) is 0.522. The molecule has 21 heavy (non-hydrogen) atoms. The molecule has 0 heterocycles. The number of benzene rings is 1. The van der Waals surface area contributed by atoms with Crippen molar-refractivity contribution in [3.05, 3.63) is 28.8 Å². The molecule has 0 aliphatic heterocycles. The van der Waals surface area contributed by atoms with Gasteiger partial charge in [-0.25, -0.2) is 0 Å². The number of aryl methyl sites for hydroxylation is 1. The van der Waals surface area contributed by atoms with Crippen LogP contribution in [0.3, 0.4) is 0 Å². The van der Waals surface area contributed by atoms with E-state index < -0.39 is 11.0 Å². The average Bonchev–Trinajstić information content (AvgIpc) is 2.42. The van der Waals surface area contributed by atoms with E-state index in [2.05, 4.69) is 5.32 Å². The number of halogens is 1. The molecule has 0 aromatic heterocycles. The van der Waals surface area contributed by atoms with Crippen molar-refractivity contribution in [2.75, 3.05) is 11.9 Å². The molecule has 3 N–H and O–H groups in total. The third-order valence-corrected chi connectivity index (χ3v) is 5.01. The van der Waals surface area contributed by atoms with Crippen molar-refractivity contribution in [2.45, 2.75) is 45.8 Å². The normalized spacial score (nSPS) is 27.0. The van der Waals surface area contributed by atoms with Crippen molar-refractivity contribution in [3.63, 3.8) is 0 Å². The summed E-state index contributed by atoms with van der Waals surface area (Å²) in [5, 5.41) is 3.41. The Morgan fingerprint density at radius 3 is 2.71 bits per heavy atom.